The van der Waals surface area contributed by atoms with Crippen LogP contribution in [0.4, 0.5) is 0 Å². The lowest BCUT2D eigenvalue weighted by Crippen LogP contribution is -2.34. The monoisotopic (exact) mass is 314 g/mol. The van der Waals surface area contributed by atoms with Gasteiger partial charge in [-0.1, -0.05) is 30.3 Å². The minimum atomic E-state index is -0.599. The predicted octanol–water partition coefficient (Wildman–Crippen LogP) is -0.815. The number of nitrogens with one attached hydrogen (secondary N) is 3. The van der Waals surface area contributed by atoms with Crippen molar-refractivity contribution in [1.29, 1.82) is 0 Å². The van der Waals surface area contributed by atoms with Gasteiger partial charge in [0.15, 0.2) is 0 Å². The van der Waals surface area contributed by atoms with Gasteiger partial charge in [0.1, 0.15) is 18.2 Å². The summed E-state index contributed by atoms with van der Waals surface area (Å²) < 4.78 is 1.40. The molecule has 3 N–H and O–H groups in total. The van der Waals surface area contributed by atoms with Crippen LogP contribution in [0.25, 0.3) is 0 Å². The molecule has 10 nitrogen and oxygen atoms in total. The molecular weight excluding hydrogens is 300 g/mol. The van der Waals surface area contributed by atoms with E-state index in [0.29, 0.717) is 12.2 Å². The van der Waals surface area contributed by atoms with E-state index in [-0.39, 0.29) is 12.5 Å². The van der Waals surface area contributed by atoms with Gasteiger partial charge in [0.2, 0.25) is 5.91 Å². The van der Waals surface area contributed by atoms with Gasteiger partial charge in [-0.25, -0.2) is 14.6 Å². The van der Waals surface area contributed by atoms with Crippen molar-refractivity contribution >= 4 is 5.91 Å². The number of rotatable bonds is 6. The number of hydrogen-bond acceptors (Lipinski definition) is 6. The van der Waals surface area contributed by atoms with E-state index >= 15 is 0 Å². The van der Waals surface area contributed by atoms with Crippen LogP contribution >= 0.6 is 0 Å². The summed E-state index contributed by atoms with van der Waals surface area (Å²) in [4.78, 5) is 25.9. The van der Waals surface area contributed by atoms with Gasteiger partial charge in [-0.15, -0.1) is 5.10 Å². The molecular formula is C13H14N8O2. The van der Waals surface area contributed by atoms with E-state index in [1.165, 1.54) is 11.0 Å². The topological polar surface area (TPSA) is 134 Å². The van der Waals surface area contributed by atoms with Gasteiger partial charge < -0.3 is 5.32 Å². The Balaban J connectivity index is 1.72. The Morgan fingerprint density at radius 2 is 2.13 bits per heavy atom. The molecule has 1 aromatic carbocycles. The fourth-order valence-corrected chi connectivity index (χ4v) is 2.13. The molecule has 0 radical (unpaired) electrons. The van der Waals surface area contributed by atoms with E-state index in [4.69, 9.17) is 0 Å². The quantitative estimate of drug-likeness (QED) is 0.544. The van der Waals surface area contributed by atoms with Gasteiger partial charge in [0.05, 0.1) is 6.54 Å². The summed E-state index contributed by atoms with van der Waals surface area (Å²) in [6.45, 7) is 0.102. The largest absolute Gasteiger partial charge is 0.347 e. The smallest absolute Gasteiger partial charge is 0.340 e. The van der Waals surface area contributed by atoms with Gasteiger partial charge >= 0.3 is 5.69 Å². The highest BCUT2D eigenvalue weighted by molar-refractivity contribution is 5.80. The first-order valence-corrected chi connectivity index (χ1v) is 6.90. The molecule has 0 bridgehead atoms. The van der Waals surface area contributed by atoms with Crippen molar-refractivity contribution in [2.24, 2.45) is 0 Å². The average Bonchev–Trinajstić information content (AvgIpc) is 3.23. The average molecular weight is 314 g/mol. The Labute approximate surface area is 129 Å². The molecule has 0 spiro atoms. The van der Waals surface area contributed by atoms with E-state index in [2.05, 4.69) is 36.0 Å². The van der Waals surface area contributed by atoms with E-state index < -0.39 is 11.7 Å². The van der Waals surface area contributed by atoms with E-state index in [1.807, 2.05) is 30.3 Å². The lowest BCUT2D eigenvalue weighted by atomic mass is 10.1. The Morgan fingerprint density at radius 3 is 2.78 bits per heavy atom. The summed E-state index contributed by atoms with van der Waals surface area (Å²) in [6.07, 6.45) is 1.83. The Bertz CT molecular complexity index is 808. The number of carbonyl (C=O) groups is 1. The third kappa shape index (κ3) is 3.67. The number of nitrogens with zero attached hydrogens (tertiary/aromatic N) is 5. The fraction of sp³-hybridized carbons (Fsp3) is 0.231. The molecule has 1 atom stereocenters. The maximum Gasteiger partial charge on any atom is 0.340 e. The lowest BCUT2D eigenvalue weighted by Gasteiger charge is -2.15. The summed E-state index contributed by atoms with van der Waals surface area (Å²) in [5, 5.41) is 19.7. The Kier molecular flexibility index (Phi) is 4.22. The third-order valence-corrected chi connectivity index (χ3v) is 3.24. The number of tetrazole rings is 1. The van der Waals surface area contributed by atoms with Crippen molar-refractivity contribution in [3.8, 4) is 0 Å². The SMILES string of the molecule is O=C(NCc1n[nH]c(=O)[nH]1)[C@@H](Cc1ccccc1)n1cnnn1. The number of hydrogen-bond donors (Lipinski definition) is 3. The number of carbonyl (C=O) groups excluding carboxylic acids is 1. The molecule has 2 heterocycles. The summed E-state index contributed by atoms with van der Waals surface area (Å²) in [6, 6.07) is 8.96. The standard InChI is InChI=1S/C13H14N8O2/c22-12(14-7-11-16-13(23)18-17-11)10(21-8-15-19-20-21)6-9-4-2-1-3-5-9/h1-5,8,10H,6-7H2,(H,14,22)(H2,16,17,18,23)/t10-/m1/s1. The maximum absolute atomic E-state index is 12.5. The number of H-pyrrole nitrogens is 2. The second-order valence-electron chi connectivity index (χ2n) is 4.84. The highest BCUT2D eigenvalue weighted by atomic mass is 16.2. The van der Waals surface area contributed by atoms with Crippen molar-refractivity contribution in [1.82, 2.24) is 40.7 Å². The molecule has 3 rings (SSSR count). The second kappa shape index (κ2) is 6.64. The Hall–Kier alpha value is -3.30. The molecule has 0 aliphatic heterocycles. The fourth-order valence-electron chi connectivity index (χ4n) is 2.13. The number of amides is 1. The summed E-state index contributed by atoms with van der Waals surface area (Å²) in [5.41, 5.74) is 0.562. The first kappa shape index (κ1) is 14.6. The van der Waals surface area contributed by atoms with E-state index in [9.17, 15) is 9.59 Å². The van der Waals surface area contributed by atoms with Gasteiger partial charge in [0.25, 0.3) is 0 Å². The first-order valence-electron chi connectivity index (χ1n) is 6.90. The van der Waals surface area contributed by atoms with Gasteiger partial charge in [-0.3, -0.25) is 9.78 Å². The van der Waals surface area contributed by atoms with E-state index in [1.54, 1.807) is 0 Å². The highest BCUT2D eigenvalue weighted by Gasteiger charge is 2.22. The van der Waals surface area contributed by atoms with Crippen molar-refractivity contribution in [3.05, 3.63) is 58.5 Å². The van der Waals surface area contributed by atoms with Crippen LogP contribution in [0.15, 0.2) is 41.5 Å². The minimum Gasteiger partial charge on any atom is -0.347 e. The van der Waals surface area contributed by atoms with E-state index in [0.717, 1.165) is 5.56 Å². The normalized spacial score (nSPS) is 12.0. The van der Waals surface area contributed by atoms with Crippen LogP contribution in [-0.4, -0.2) is 41.3 Å². The van der Waals surface area contributed by atoms with Crippen molar-refractivity contribution < 1.29 is 4.79 Å². The third-order valence-electron chi connectivity index (χ3n) is 3.24. The molecule has 1 amide bonds. The number of benzene rings is 1. The maximum atomic E-state index is 12.5. The highest BCUT2D eigenvalue weighted by Crippen LogP contribution is 2.13. The van der Waals surface area contributed by atoms with Gasteiger partial charge in [-0.05, 0) is 16.0 Å². The summed E-state index contributed by atoms with van der Waals surface area (Å²) in [7, 11) is 0. The van der Waals surface area contributed by atoms with Crippen LogP contribution in [0, 0.1) is 0 Å². The lowest BCUT2D eigenvalue weighted by molar-refractivity contribution is -0.124. The summed E-state index contributed by atoms with van der Waals surface area (Å²) >= 11 is 0. The molecule has 0 aliphatic rings. The minimum absolute atomic E-state index is 0.102. The molecule has 0 fully saturated rings. The molecule has 3 aromatic rings. The summed E-state index contributed by atoms with van der Waals surface area (Å²) in [5.74, 6) is 0.0727. The van der Waals surface area contributed by atoms with Crippen molar-refractivity contribution in [3.63, 3.8) is 0 Å². The van der Waals surface area contributed by atoms with Crippen LogP contribution < -0.4 is 11.0 Å². The van der Waals surface area contributed by atoms with Gasteiger partial charge in [0, 0.05) is 6.42 Å². The van der Waals surface area contributed by atoms with Crippen molar-refractivity contribution in [2.75, 3.05) is 0 Å². The first-order chi connectivity index (χ1) is 11.2. The van der Waals surface area contributed by atoms with Crippen LogP contribution in [0.1, 0.15) is 17.4 Å². The molecule has 0 unspecified atom stereocenters. The molecule has 118 valence electrons. The van der Waals surface area contributed by atoms with Crippen molar-refractivity contribution in [2.45, 2.75) is 19.0 Å². The van der Waals surface area contributed by atoms with Crippen LogP contribution in [0.3, 0.4) is 0 Å². The molecule has 0 saturated heterocycles. The zero-order valence-electron chi connectivity index (χ0n) is 12.0. The number of aromatic nitrogens is 7. The zero-order chi connectivity index (χ0) is 16.1. The molecule has 0 saturated carbocycles. The molecule has 23 heavy (non-hydrogen) atoms. The van der Waals surface area contributed by atoms with Crippen LogP contribution in [0.2, 0.25) is 0 Å². The molecule has 10 heteroatoms. The Morgan fingerprint density at radius 1 is 1.30 bits per heavy atom. The predicted molar refractivity (Wildman–Crippen MR) is 78.1 cm³/mol. The van der Waals surface area contributed by atoms with Crippen LogP contribution in [0.5, 0.6) is 0 Å². The van der Waals surface area contributed by atoms with Crippen LogP contribution in [-0.2, 0) is 17.8 Å². The second-order valence-corrected chi connectivity index (χ2v) is 4.84. The van der Waals surface area contributed by atoms with Gasteiger partial charge in [-0.2, -0.15) is 5.10 Å². The molecule has 2 aromatic heterocycles. The zero-order valence-corrected chi connectivity index (χ0v) is 12.0. The number of aromatic amines is 2. The molecule has 0 aliphatic carbocycles.